The summed E-state index contributed by atoms with van der Waals surface area (Å²) in [6, 6.07) is 0. The number of rotatable bonds is 2. The van der Waals surface area contributed by atoms with Gasteiger partial charge in [0.05, 0.1) is 5.92 Å². The van der Waals surface area contributed by atoms with E-state index in [1.165, 1.54) is 0 Å². The normalized spacial score (nSPS) is 27.5. The molecule has 1 saturated carbocycles. The molecule has 1 fully saturated rings. The van der Waals surface area contributed by atoms with Crippen LogP contribution in [0.2, 0.25) is 0 Å². The van der Waals surface area contributed by atoms with Gasteiger partial charge in [-0.05, 0) is 24.2 Å². The van der Waals surface area contributed by atoms with Gasteiger partial charge >= 0.3 is 13.3 Å². The van der Waals surface area contributed by atoms with E-state index in [0.717, 1.165) is 0 Å². The van der Waals surface area contributed by atoms with Crippen LogP contribution in [-0.2, 0) is 0 Å². The van der Waals surface area contributed by atoms with Crippen molar-refractivity contribution < 1.29 is 23.2 Å². The summed E-state index contributed by atoms with van der Waals surface area (Å²) >= 11 is 0. The number of alkyl halides is 3. The minimum absolute atomic E-state index is 0.0555. The molecule has 0 aromatic heterocycles. The van der Waals surface area contributed by atoms with Crippen molar-refractivity contribution in [3.05, 3.63) is 12.1 Å². The summed E-state index contributed by atoms with van der Waals surface area (Å²) in [6.45, 7) is 3.34. The first kappa shape index (κ1) is 12.6. The first-order chi connectivity index (χ1) is 6.84. The number of allylic oxidation sites excluding steroid dienone is 1. The van der Waals surface area contributed by atoms with Gasteiger partial charge in [0.2, 0.25) is 0 Å². The molecule has 0 aliphatic heterocycles. The monoisotopic (exact) mass is 222 g/mol. The lowest BCUT2D eigenvalue weighted by Gasteiger charge is -2.34. The van der Waals surface area contributed by atoms with Crippen LogP contribution in [0.3, 0.4) is 0 Å². The standard InChI is InChI=1S/C9H14BF3O2/c1-6(10(14)15)7-4-2-3-5-8(7)9(11,12)13/h7-8,14-15H,1-5H2. The lowest BCUT2D eigenvalue weighted by molar-refractivity contribution is -0.191. The molecule has 1 aliphatic rings. The Labute approximate surface area is 86.9 Å². The third kappa shape index (κ3) is 2.98. The summed E-state index contributed by atoms with van der Waals surface area (Å²) in [7, 11) is -1.85. The Morgan fingerprint density at radius 2 is 1.73 bits per heavy atom. The quantitative estimate of drug-likeness (QED) is 0.700. The summed E-state index contributed by atoms with van der Waals surface area (Å²) in [4.78, 5) is 0. The first-order valence-corrected chi connectivity index (χ1v) is 4.95. The topological polar surface area (TPSA) is 40.5 Å². The van der Waals surface area contributed by atoms with E-state index in [1.54, 1.807) is 0 Å². The first-order valence-electron chi connectivity index (χ1n) is 4.95. The lowest BCUT2D eigenvalue weighted by atomic mass is 9.64. The van der Waals surface area contributed by atoms with Crippen LogP contribution < -0.4 is 0 Å². The SMILES string of the molecule is C=C(B(O)O)C1CCCCC1C(F)(F)F. The highest BCUT2D eigenvalue weighted by Crippen LogP contribution is 2.44. The van der Waals surface area contributed by atoms with Crippen molar-refractivity contribution in [2.45, 2.75) is 31.9 Å². The summed E-state index contributed by atoms with van der Waals surface area (Å²) in [5.74, 6) is -2.32. The van der Waals surface area contributed by atoms with Gasteiger partial charge in [0.1, 0.15) is 0 Å². The Balaban J connectivity index is 2.79. The molecule has 86 valence electrons. The van der Waals surface area contributed by atoms with E-state index in [9.17, 15) is 13.2 Å². The molecule has 0 spiro atoms. The third-order valence-corrected chi connectivity index (χ3v) is 2.99. The zero-order chi connectivity index (χ0) is 11.6. The van der Waals surface area contributed by atoms with Crippen LogP contribution in [0.4, 0.5) is 13.2 Å². The van der Waals surface area contributed by atoms with Gasteiger partial charge in [-0.25, -0.2) is 0 Å². The molecule has 2 atom stereocenters. The molecule has 0 aromatic rings. The molecule has 2 N–H and O–H groups in total. The fourth-order valence-electron chi connectivity index (χ4n) is 2.16. The van der Waals surface area contributed by atoms with Crippen LogP contribution in [0.5, 0.6) is 0 Å². The van der Waals surface area contributed by atoms with Crippen LogP contribution >= 0.6 is 0 Å². The van der Waals surface area contributed by atoms with Gasteiger partial charge in [-0.2, -0.15) is 13.2 Å². The zero-order valence-electron chi connectivity index (χ0n) is 8.30. The lowest BCUT2D eigenvalue weighted by Crippen LogP contribution is -2.37. The van der Waals surface area contributed by atoms with Gasteiger partial charge < -0.3 is 10.0 Å². The molecule has 0 heterocycles. The highest BCUT2D eigenvalue weighted by Gasteiger charge is 2.47. The molecular weight excluding hydrogens is 208 g/mol. The maximum Gasteiger partial charge on any atom is 0.483 e. The second kappa shape index (κ2) is 4.57. The molecule has 15 heavy (non-hydrogen) atoms. The van der Waals surface area contributed by atoms with E-state index >= 15 is 0 Å². The van der Waals surface area contributed by atoms with Gasteiger partial charge in [-0.3, -0.25) is 0 Å². The molecule has 0 saturated heterocycles. The number of hydrogen-bond donors (Lipinski definition) is 2. The Hall–Kier alpha value is -0.485. The van der Waals surface area contributed by atoms with Crippen molar-refractivity contribution in [2.24, 2.45) is 11.8 Å². The van der Waals surface area contributed by atoms with Crippen molar-refractivity contribution in [1.29, 1.82) is 0 Å². The molecule has 0 amide bonds. The fourth-order valence-corrected chi connectivity index (χ4v) is 2.16. The molecule has 0 radical (unpaired) electrons. The Bertz CT molecular complexity index is 240. The third-order valence-electron chi connectivity index (χ3n) is 2.99. The average Bonchev–Trinajstić information content (AvgIpc) is 2.15. The number of hydrogen-bond acceptors (Lipinski definition) is 2. The second-order valence-electron chi connectivity index (χ2n) is 3.99. The average molecular weight is 222 g/mol. The predicted octanol–water partition coefficient (Wildman–Crippen LogP) is 1.92. The van der Waals surface area contributed by atoms with E-state index in [-0.39, 0.29) is 11.9 Å². The molecule has 6 heteroatoms. The Morgan fingerprint density at radius 3 is 2.20 bits per heavy atom. The van der Waals surface area contributed by atoms with Gasteiger partial charge in [0.25, 0.3) is 0 Å². The summed E-state index contributed by atoms with van der Waals surface area (Å²) in [5, 5.41) is 17.7. The molecule has 1 rings (SSSR count). The maximum atomic E-state index is 12.6. The van der Waals surface area contributed by atoms with Crippen molar-refractivity contribution in [1.82, 2.24) is 0 Å². The molecule has 0 aromatic carbocycles. The van der Waals surface area contributed by atoms with Gasteiger partial charge in [0, 0.05) is 0 Å². The van der Waals surface area contributed by atoms with Crippen LogP contribution in [0, 0.1) is 11.8 Å². The van der Waals surface area contributed by atoms with E-state index < -0.39 is 25.1 Å². The van der Waals surface area contributed by atoms with Crippen molar-refractivity contribution in [2.75, 3.05) is 0 Å². The smallest absolute Gasteiger partial charge is 0.423 e. The van der Waals surface area contributed by atoms with Crippen LogP contribution in [-0.4, -0.2) is 23.3 Å². The summed E-state index contributed by atoms with van der Waals surface area (Å²) in [6.07, 6.45) is -2.66. The minimum atomic E-state index is -4.27. The van der Waals surface area contributed by atoms with E-state index in [0.29, 0.717) is 19.3 Å². The maximum absolute atomic E-state index is 12.6. The zero-order valence-corrected chi connectivity index (χ0v) is 8.30. The van der Waals surface area contributed by atoms with E-state index in [4.69, 9.17) is 10.0 Å². The van der Waals surface area contributed by atoms with Crippen molar-refractivity contribution in [3.63, 3.8) is 0 Å². The van der Waals surface area contributed by atoms with E-state index in [1.807, 2.05) is 0 Å². The molecule has 2 unspecified atom stereocenters. The van der Waals surface area contributed by atoms with Crippen LogP contribution in [0.1, 0.15) is 25.7 Å². The number of halogens is 3. The Kier molecular flexibility index (Phi) is 3.84. The predicted molar refractivity (Wildman–Crippen MR) is 50.8 cm³/mol. The summed E-state index contributed by atoms with van der Waals surface area (Å²) < 4.78 is 37.8. The fraction of sp³-hybridized carbons (Fsp3) is 0.778. The second-order valence-corrected chi connectivity index (χ2v) is 3.99. The van der Waals surface area contributed by atoms with Gasteiger partial charge in [-0.15, -0.1) is 6.58 Å². The van der Waals surface area contributed by atoms with Crippen molar-refractivity contribution in [3.8, 4) is 0 Å². The highest BCUT2D eigenvalue weighted by atomic mass is 19.4. The molecule has 0 bridgehead atoms. The van der Waals surface area contributed by atoms with Crippen LogP contribution in [0.25, 0.3) is 0 Å². The Morgan fingerprint density at radius 1 is 1.20 bits per heavy atom. The van der Waals surface area contributed by atoms with Crippen molar-refractivity contribution >= 4 is 7.12 Å². The molecule has 2 nitrogen and oxygen atoms in total. The van der Waals surface area contributed by atoms with Gasteiger partial charge in [0.15, 0.2) is 0 Å². The van der Waals surface area contributed by atoms with E-state index in [2.05, 4.69) is 6.58 Å². The molecular formula is C9H14BF3O2. The van der Waals surface area contributed by atoms with Crippen LogP contribution in [0.15, 0.2) is 12.1 Å². The minimum Gasteiger partial charge on any atom is -0.423 e. The largest absolute Gasteiger partial charge is 0.483 e. The highest BCUT2D eigenvalue weighted by molar-refractivity contribution is 6.50. The summed E-state index contributed by atoms with van der Waals surface area (Å²) in [5.41, 5.74) is -0.114. The molecule has 1 aliphatic carbocycles. The van der Waals surface area contributed by atoms with Gasteiger partial charge in [-0.1, -0.05) is 12.8 Å².